The molecule has 0 atom stereocenters. The van der Waals surface area contributed by atoms with Gasteiger partial charge in [0.25, 0.3) is 5.91 Å². The normalized spacial score (nSPS) is 14.2. The molecule has 0 radical (unpaired) electrons. The number of thiocarbonyl (C=S) groups is 1. The molecule has 1 aliphatic heterocycles. The van der Waals surface area contributed by atoms with Crippen LogP contribution in [-0.4, -0.2) is 63.1 Å². The van der Waals surface area contributed by atoms with Crippen molar-refractivity contribution >= 4 is 56.2 Å². The number of amides is 1. The minimum absolute atomic E-state index is 0.0341. The summed E-state index contributed by atoms with van der Waals surface area (Å²) < 4.78 is 33.0. The summed E-state index contributed by atoms with van der Waals surface area (Å²) in [6.07, 6.45) is 0. The highest BCUT2D eigenvalue weighted by Crippen LogP contribution is 2.31. The van der Waals surface area contributed by atoms with Crippen LogP contribution in [0, 0.1) is 0 Å². The Kier molecular flexibility index (Phi) is 8.66. The third kappa shape index (κ3) is 6.01. The number of benzene rings is 2. The van der Waals surface area contributed by atoms with Crippen molar-refractivity contribution in [3.63, 3.8) is 0 Å². The zero-order valence-corrected chi connectivity index (χ0v) is 20.9. The van der Waals surface area contributed by atoms with E-state index >= 15 is 0 Å². The number of nitrogens with zero attached hydrogens (tertiary/aromatic N) is 2. The van der Waals surface area contributed by atoms with E-state index in [-0.39, 0.29) is 15.6 Å². The molecule has 2 N–H and O–H groups in total. The van der Waals surface area contributed by atoms with E-state index in [4.69, 9.17) is 28.6 Å². The van der Waals surface area contributed by atoms with E-state index in [0.717, 1.165) is 5.69 Å². The second kappa shape index (κ2) is 11.3. The summed E-state index contributed by atoms with van der Waals surface area (Å²) in [5.74, 6) is -0.460. The molecule has 1 heterocycles. The summed E-state index contributed by atoms with van der Waals surface area (Å²) in [6.45, 7) is 6.73. The zero-order chi connectivity index (χ0) is 24.0. The Hall–Kier alpha value is -2.24. The molecule has 11 heteroatoms. The van der Waals surface area contributed by atoms with E-state index < -0.39 is 15.9 Å². The minimum Gasteiger partial charge on any atom is -0.378 e. The summed E-state index contributed by atoms with van der Waals surface area (Å²) in [5.41, 5.74) is 1.54. The highest BCUT2D eigenvalue weighted by atomic mass is 35.5. The van der Waals surface area contributed by atoms with Gasteiger partial charge < -0.3 is 15.0 Å². The van der Waals surface area contributed by atoms with E-state index in [2.05, 4.69) is 15.5 Å². The van der Waals surface area contributed by atoms with Crippen molar-refractivity contribution in [1.29, 1.82) is 0 Å². The van der Waals surface area contributed by atoms with Crippen LogP contribution in [0.5, 0.6) is 0 Å². The third-order valence-corrected chi connectivity index (χ3v) is 7.84. The van der Waals surface area contributed by atoms with Crippen LogP contribution in [-0.2, 0) is 14.8 Å². The molecule has 0 aliphatic carbocycles. The van der Waals surface area contributed by atoms with E-state index in [1.807, 2.05) is 0 Å². The quantitative estimate of drug-likeness (QED) is 0.552. The largest absolute Gasteiger partial charge is 0.378 e. The average Bonchev–Trinajstić information content (AvgIpc) is 2.80. The number of hydrogen-bond acceptors (Lipinski definition) is 6. The molecule has 0 unspecified atom stereocenters. The molecule has 0 aromatic heterocycles. The molecule has 8 nitrogen and oxygen atoms in total. The maximum atomic E-state index is 13.1. The van der Waals surface area contributed by atoms with Gasteiger partial charge in [0.05, 0.1) is 40.1 Å². The van der Waals surface area contributed by atoms with Crippen molar-refractivity contribution in [2.24, 2.45) is 0 Å². The predicted octanol–water partition coefficient (Wildman–Crippen LogP) is 3.33. The Balaban J connectivity index is 1.90. The first-order valence-electron chi connectivity index (χ1n) is 10.6. The smallest absolute Gasteiger partial charge is 0.258 e. The van der Waals surface area contributed by atoms with Gasteiger partial charge in [0.2, 0.25) is 10.0 Å². The first kappa shape index (κ1) is 25.4. The van der Waals surface area contributed by atoms with Crippen molar-refractivity contribution in [3.05, 3.63) is 53.1 Å². The summed E-state index contributed by atoms with van der Waals surface area (Å²) in [7, 11) is -3.68. The number of hydrogen-bond donors (Lipinski definition) is 2. The summed E-state index contributed by atoms with van der Waals surface area (Å²) in [6, 6.07) is 11.5. The number of morpholine rings is 1. The maximum Gasteiger partial charge on any atom is 0.258 e. The number of halogens is 1. The van der Waals surface area contributed by atoms with Gasteiger partial charge in [0, 0.05) is 26.2 Å². The fraction of sp³-hybridized carbons (Fsp3) is 0.364. The number of anilines is 2. The lowest BCUT2D eigenvalue weighted by atomic mass is 10.2. The van der Waals surface area contributed by atoms with E-state index in [0.29, 0.717) is 50.1 Å². The number of carbonyl (C=O) groups is 1. The van der Waals surface area contributed by atoms with Crippen LogP contribution in [0.4, 0.5) is 11.4 Å². The Labute approximate surface area is 204 Å². The summed E-state index contributed by atoms with van der Waals surface area (Å²) in [5, 5.41) is 5.96. The zero-order valence-electron chi connectivity index (χ0n) is 18.5. The molecule has 33 heavy (non-hydrogen) atoms. The van der Waals surface area contributed by atoms with Crippen molar-refractivity contribution in [2.45, 2.75) is 18.7 Å². The van der Waals surface area contributed by atoms with Crippen molar-refractivity contribution < 1.29 is 17.9 Å². The molecule has 0 saturated carbocycles. The first-order valence-corrected chi connectivity index (χ1v) is 12.8. The van der Waals surface area contributed by atoms with Gasteiger partial charge in [0.15, 0.2) is 5.11 Å². The van der Waals surface area contributed by atoms with E-state index in [1.165, 1.54) is 4.31 Å². The number of sulfonamides is 1. The molecule has 3 rings (SSSR count). The second-order valence-electron chi connectivity index (χ2n) is 7.26. The topological polar surface area (TPSA) is 91.0 Å². The van der Waals surface area contributed by atoms with Gasteiger partial charge in [-0.3, -0.25) is 10.1 Å². The van der Waals surface area contributed by atoms with Crippen LogP contribution in [0.25, 0.3) is 0 Å². The standard InChI is InChI=1S/C22H27ClN4O4S2/c1-3-27(4-2)33(29,30)16-9-10-20(26-11-13-31-14-12-26)19(15-16)24-22(32)25-21(28)17-7-5-6-8-18(17)23/h5-10,15H,3-4,11-14H2,1-2H3,(H2,24,25,28,32). The molecule has 0 bridgehead atoms. The van der Waals surface area contributed by atoms with Crippen LogP contribution in [0.2, 0.25) is 5.02 Å². The minimum atomic E-state index is -3.68. The Bertz CT molecular complexity index is 1120. The molecule has 1 saturated heterocycles. The molecular weight excluding hydrogens is 484 g/mol. The average molecular weight is 511 g/mol. The van der Waals surface area contributed by atoms with Gasteiger partial charge in [-0.05, 0) is 42.5 Å². The molecule has 2 aromatic rings. The number of nitrogens with one attached hydrogen (secondary N) is 2. The molecule has 1 fully saturated rings. The van der Waals surface area contributed by atoms with Crippen molar-refractivity contribution in [2.75, 3.05) is 49.6 Å². The maximum absolute atomic E-state index is 13.1. The Morgan fingerprint density at radius 1 is 1.15 bits per heavy atom. The number of carbonyl (C=O) groups excluding carboxylic acids is 1. The predicted molar refractivity (Wildman–Crippen MR) is 135 cm³/mol. The van der Waals surface area contributed by atoms with Crippen molar-refractivity contribution in [3.8, 4) is 0 Å². The van der Waals surface area contributed by atoms with Gasteiger partial charge in [-0.1, -0.05) is 37.6 Å². The number of ether oxygens (including phenoxy) is 1. The van der Waals surface area contributed by atoms with Crippen LogP contribution < -0.4 is 15.5 Å². The second-order valence-corrected chi connectivity index (χ2v) is 10.0. The van der Waals surface area contributed by atoms with Gasteiger partial charge in [-0.25, -0.2) is 8.42 Å². The van der Waals surface area contributed by atoms with Gasteiger partial charge in [0.1, 0.15) is 0 Å². The SMILES string of the molecule is CCN(CC)S(=O)(=O)c1ccc(N2CCOCC2)c(NC(=S)NC(=O)c2ccccc2Cl)c1. The molecule has 1 amide bonds. The highest BCUT2D eigenvalue weighted by molar-refractivity contribution is 7.89. The molecule has 1 aliphatic rings. The summed E-state index contributed by atoms with van der Waals surface area (Å²) >= 11 is 11.5. The lowest BCUT2D eigenvalue weighted by molar-refractivity contribution is 0.0978. The molecule has 178 valence electrons. The van der Waals surface area contributed by atoms with Gasteiger partial charge in [-0.15, -0.1) is 0 Å². The van der Waals surface area contributed by atoms with Gasteiger partial charge >= 0.3 is 0 Å². The summed E-state index contributed by atoms with van der Waals surface area (Å²) in [4.78, 5) is 14.8. The Morgan fingerprint density at radius 3 is 2.45 bits per heavy atom. The first-order chi connectivity index (χ1) is 15.8. The Morgan fingerprint density at radius 2 is 1.82 bits per heavy atom. The van der Waals surface area contributed by atoms with Crippen LogP contribution >= 0.6 is 23.8 Å². The fourth-order valence-electron chi connectivity index (χ4n) is 3.54. The lowest BCUT2D eigenvalue weighted by Gasteiger charge is -2.31. The lowest BCUT2D eigenvalue weighted by Crippen LogP contribution is -2.38. The van der Waals surface area contributed by atoms with Crippen molar-refractivity contribution in [1.82, 2.24) is 9.62 Å². The fourth-order valence-corrected chi connectivity index (χ4v) is 5.45. The van der Waals surface area contributed by atoms with Crippen LogP contribution in [0.1, 0.15) is 24.2 Å². The van der Waals surface area contributed by atoms with Crippen LogP contribution in [0.3, 0.4) is 0 Å². The molecular formula is C22H27ClN4O4S2. The molecule has 0 spiro atoms. The monoisotopic (exact) mass is 510 g/mol. The highest BCUT2D eigenvalue weighted by Gasteiger charge is 2.24. The van der Waals surface area contributed by atoms with E-state index in [1.54, 1.807) is 56.3 Å². The number of rotatable bonds is 7. The van der Waals surface area contributed by atoms with Crippen LogP contribution in [0.15, 0.2) is 47.4 Å². The van der Waals surface area contributed by atoms with Gasteiger partial charge in [-0.2, -0.15) is 4.31 Å². The van der Waals surface area contributed by atoms with E-state index in [9.17, 15) is 13.2 Å². The third-order valence-electron chi connectivity index (χ3n) is 5.26. The molecule has 2 aromatic carbocycles.